The topological polar surface area (TPSA) is 113 Å². The molecule has 0 saturated carbocycles. The van der Waals surface area contributed by atoms with Gasteiger partial charge in [-0.15, -0.1) is 5.10 Å². The molecule has 6 aromatic rings. The second kappa shape index (κ2) is 8.61. The SMILES string of the molecule is CN(c1ccc2[nH]ncc2c1)c1ccc2ncc(-c3noc(CNCc4ccc(F)cc4)n3)n2n1. The summed E-state index contributed by atoms with van der Waals surface area (Å²) >= 11 is 0. The van der Waals surface area contributed by atoms with Crippen LogP contribution in [0.4, 0.5) is 15.9 Å². The molecule has 4 heterocycles. The van der Waals surface area contributed by atoms with Crippen LogP contribution < -0.4 is 10.2 Å². The number of imidazole rings is 1. The molecule has 35 heavy (non-hydrogen) atoms. The maximum atomic E-state index is 13.0. The van der Waals surface area contributed by atoms with Crippen LogP contribution >= 0.6 is 0 Å². The van der Waals surface area contributed by atoms with Crippen LogP contribution in [0.1, 0.15) is 11.5 Å². The van der Waals surface area contributed by atoms with E-state index in [2.05, 4.69) is 30.6 Å². The minimum absolute atomic E-state index is 0.259. The Hall–Kier alpha value is -4.64. The monoisotopic (exact) mass is 469 g/mol. The minimum atomic E-state index is -0.259. The highest BCUT2D eigenvalue weighted by Crippen LogP contribution is 2.26. The quantitative estimate of drug-likeness (QED) is 0.363. The number of anilines is 2. The Kier molecular flexibility index (Phi) is 5.15. The molecule has 2 N–H and O–H groups in total. The van der Waals surface area contributed by atoms with Crippen LogP contribution in [0.5, 0.6) is 0 Å². The van der Waals surface area contributed by atoms with Gasteiger partial charge in [0.05, 0.1) is 24.5 Å². The largest absolute Gasteiger partial charge is 0.337 e. The fraction of sp³-hybridized carbons (Fsp3) is 0.125. The van der Waals surface area contributed by atoms with Crippen molar-refractivity contribution in [1.29, 1.82) is 0 Å². The van der Waals surface area contributed by atoms with E-state index in [0.29, 0.717) is 36.1 Å². The number of halogens is 1. The maximum absolute atomic E-state index is 13.0. The predicted octanol–water partition coefficient (Wildman–Crippen LogP) is 3.85. The van der Waals surface area contributed by atoms with Crippen molar-refractivity contribution in [1.82, 2.24) is 40.3 Å². The lowest BCUT2D eigenvalue weighted by Gasteiger charge is -2.18. The highest BCUT2D eigenvalue weighted by Gasteiger charge is 2.16. The first-order valence-electron chi connectivity index (χ1n) is 10.9. The van der Waals surface area contributed by atoms with Crippen LogP contribution in [-0.2, 0) is 13.1 Å². The first-order chi connectivity index (χ1) is 17.1. The molecule has 4 aromatic heterocycles. The average molecular weight is 469 g/mol. The number of aromatic nitrogens is 7. The zero-order valence-corrected chi connectivity index (χ0v) is 18.7. The number of hydrogen-bond acceptors (Lipinski definition) is 8. The molecule has 0 fully saturated rings. The second-order valence-electron chi connectivity index (χ2n) is 8.05. The van der Waals surface area contributed by atoms with Gasteiger partial charge in [0.1, 0.15) is 11.5 Å². The van der Waals surface area contributed by atoms with Gasteiger partial charge in [0.25, 0.3) is 0 Å². The summed E-state index contributed by atoms with van der Waals surface area (Å²) in [6, 6.07) is 16.2. The number of H-pyrrole nitrogens is 1. The lowest BCUT2D eigenvalue weighted by molar-refractivity contribution is 0.367. The summed E-state index contributed by atoms with van der Waals surface area (Å²) in [4.78, 5) is 10.9. The summed E-state index contributed by atoms with van der Waals surface area (Å²) in [5.74, 6) is 1.29. The smallest absolute Gasteiger partial charge is 0.240 e. The lowest BCUT2D eigenvalue weighted by Crippen LogP contribution is -2.13. The van der Waals surface area contributed by atoms with E-state index in [1.165, 1.54) is 12.1 Å². The van der Waals surface area contributed by atoms with E-state index in [0.717, 1.165) is 28.0 Å². The van der Waals surface area contributed by atoms with E-state index < -0.39 is 0 Å². The van der Waals surface area contributed by atoms with Crippen molar-refractivity contribution >= 4 is 28.1 Å². The Labute approximate surface area is 198 Å². The third-order valence-corrected chi connectivity index (χ3v) is 5.72. The van der Waals surface area contributed by atoms with Gasteiger partial charge in [0, 0.05) is 24.7 Å². The molecule has 0 atom stereocenters. The molecule has 6 rings (SSSR count). The van der Waals surface area contributed by atoms with Gasteiger partial charge >= 0.3 is 0 Å². The Morgan fingerprint density at radius 2 is 1.94 bits per heavy atom. The molecule has 0 aliphatic carbocycles. The van der Waals surface area contributed by atoms with Crippen molar-refractivity contribution in [2.75, 3.05) is 11.9 Å². The van der Waals surface area contributed by atoms with E-state index in [1.807, 2.05) is 42.3 Å². The van der Waals surface area contributed by atoms with Gasteiger partial charge in [-0.3, -0.25) is 5.10 Å². The van der Waals surface area contributed by atoms with E-state index in [1.54, 1.807) is 29.0 Å². The van der Waals surface area contributed by atoms with Gasteiger partial charge in [-0.05, 0) is 48.0 Å². The number of benzene rings is 2. The number of aromatic amines is 1. The van der Waals surface area contributed by atoms with Crippen molar-refractivity contribution in [3.8, 4) is 11.5 Å². The molecule has 0 spiro atoms. The van der Waals surface area contributed by atoms with Crippen LogP contribution in [0.15, 0.2) is 71.5 Å². The predicted molar refractivity (Wildman–Crippen MR) is 127 cm³/mol. The zero-order valence-electron chi connectivity index (χ0n) is 18.7. The highest BCUT2D eigenvalue weighted by atomic mass is 19.1. The molecule has 0 aliphatic rings. The fourth-order valence-electron chi connectivity index (χ4n) is 3.81. The molecule has 0 bridgehead atoms. The minimum Gasteiger partial charge on any atom is -0.337 e. The standard InChI is InChI=1S/C24H20FN9O/c1-33(18-6-7-19-16(10-18)12-28-30-19)22-9-8-21-27-13-20(34(21)31-22)24-29-23(35-32-24)14-26-11-15-2-4-17(25)5-3-15/h2-10,12-13,26H,11,14H2,1H3,(H,28,30). The van der Waals surface area contributed by atoms with Gasteiger partial charge in [0.15, 0.2) is 11.5 Å². The Morgan fingerprint density at radius 1 is 1.06 bits per heavy atom. The van der Waals surface area contributed by atoms with Crippen molar-refractivity contribution in [2.45, 2.75) is 13.1 Å². The van der Waals surface area contributed by atoms with Crippen LogP contribution in [0.25, 0.3) is 28.1 Å². The molecule has 0 saturated heterocycles. The van der Waals surface area contributed by atoms with E-state index in [-0.39, 0.29) is 5.82 Å². The summed E-state index contributed by atoms with van der Waals surface area (Å²) in [7, 11) is 1.95. The molecular weight excluding hydrogens is 449 g/mol. The summed E-state index contributed by atoms with van der Waals surface area (Å²) in [6.45, 7) is 0.925. The fourth-order valence-corrected chi connectivity index (χ4v) is 3.81. The first kappa shape index (κ1) is 20.9. The molecule has 11 heteroatoms. The molecule has 2 aromatic carbocycles. The van der Waals surface area contributed by atoms with Gasteiger partial charge in [-0.1, -0.05) is 17.3 Å². The molecule has 0 aliphatic heterocycles. The Morgan fingerprint density at radius 3 is 2.83 bits per heavy atom. The molecule has 174 valence electrons. The third-order valence-electron chi connectivity index (χ3n) is 5.72. The summed E-state index contributed by atoms with van der Waals surface area (Å²) < 4.78 is 20.1. The van der Waals surface area contributed by atoms with E-state index >= 15 is 0 Å². The van der Waals surface area contributed by atoms with Gasteiger partial charge in [-0.2, -0.15) is 10.1 Å². The van der Waals surface area contributed by atoms with Gasteiger partial charge < -0.3 is 14.7 Å². The first-order valence-corrected chi connectivity index (χ1v) is 10.9. The molecule has 0 amide bonds. The summed E-state index contributed by atoms with van der Waals surface area (Å²) in [5.41, 5.74) is 4.20. The summed E-state index contributed by atoms with van der Waals surface area (Å²) in [6.07, 6.45) is 3.46. The number of nitrogens with one attached hydrogen (secondary N) is 2. The number of nitrogens with zero attached hydrogens (tertiary/aromatic N) is 7. The number of fused-ring (bicyclic) bond motifs is 2. The Bertz CT molecular complexity index is 1620. The van der Waals surface area contributed by atoms with E-state index in [9.17, 15) is 4.39 Å². The van der Waals surface area contributed by atoms with Crippen LogP contribution in [0.3, 0.4) is 0 Å². The summed E-state index contributed by atoms with van der Waals surface area (Å²) in [5, 5.41) is 20.1. The lowest BCUT2D eigenvalue weighted by atomic mass is 10.2. The number of hydrogen-bond donors (Lipinski definition) is 2. The normalized spacial score (nSPS) is 11.5. The molecular formula is C24H20FN9O. The molecule has 0 unspecified atom stereocenters. The van der Waals surface area contributed by atoms with Gasteiger partial charge in [0.2, 0.25) is 11.7 Å². The number of rotatable bonds is 7. The van der Waals surface area contributed by atoms with Crippen molar-refractivity contribution in [3.63, 3.8) is 0 Å². The second-order valence-corrected chi connectivity index (χ2v) is 8.05. The van der Waals surface area contributed by atoms with E-state index in [4.69, 9.17) is 9.62 Å². The van der Waals surface area contributed by atoms with Crippen molar-refractivity contribution in [3.05, 3.63) is 84.3 Å². The highest BCUT2D eigenvalue weighted by molar-refractivity contribution is 5.83. The van der Waals surface area contributed by atoms with Crippen LogP contribution in [-0.4, -0.2) is 42.0 Å². The van der Waals surface area contributed by atoms with Crippen LogP contribution in [0.2, 0.25) is 0 Å². The van der Waals surface area contributed by atoms with Crippen molar-refractivity contribution < 1.29 is 8.91 Å². The van der Waals surface area contributed by atoms with Crippen LogP contribution in [0, 0.1) is 5.82 Å². The van der Waals surface area contributed by atoms with Crippen molar-refractivity contribution in [2.24, 2.45) is 0 Å². The maximum Gasteiger partial charge on any atom is 0.240 e. The zero-order chi connectivity index (χ0) is 23.8. The third kappa shape index (κ3) is 4.08. The average Bonchev–Trinajstić information content (AvgIpc) is 3.63. The molecule has 10 nitrogen and oxygen atoms in total. The van der Waals surface area contributed by atoms with Gasteiger partial charge in [-0.25, -0.2) is 13.9 Å². The molecule has 0 radical (unpaired) electrons. The Balaban J connectivity index is 1.21.